The number of aromatic nitrogens is 1. The maximum atomic E-state index is 15.5. The van der Waals surface area contributed by atoms with Gasteiger partial charge in [-0.3, -0.25) is 9.59 Å². The number of methoxy groups -OCH3 is 2. The SMILES string of the molecule is COc1cc2cn(CC(=O)c3cc4c(c(C(C)(C)C)c3)OCCN4CC#N)c(NC(=O)C(F)(F)F)c2c(F)c1OC. The van der Waals surface area contributed by atoms with Crippen LogP contribution in [0, 0.1) is 17.1 Å². The van der Waals surface area contributed by atoms with Crippen LogP contribution in [0.15, 0.2) is 24.4 Å². The Bertz CT molecular complexity index is 1570. The van der Waals surface area contributed by atoms with Crippen LogP contribution in [0.25, 0.3) is 10.8 Å². The van der Waals surface area contributed by atoms with Gasteiger partial charge in [0.25, 0.3) is 0 Å². The molecule has 0 saturated heterocycles. The number of anilines is 2. The third-order valence-electron chi connectivity index (χ3n) is 6.67. The van der Waals surface area contributed by atoms with Crippen LogP contribution >= 0.6 is 0 Å². The lowest BCUT2D eigenvalue weighted by molar-refractivity contribution is -0.167. The number of amides is 1. The molecule has 0 atom stereocenters. The van der Waals surface area contributed by atoms with Crippen molar-refractivity contribution >= 4 is 34.0 Å². The molecule has 2 heterocycles. The second-order valence-corrected chi connectivity index (χ2v) is 10.4. The Labute approximate surface area is 233 Å². The first-order valence-electron chi connectivity index (χ1n) is 12.5. The van der Waals surface area contributed by atoms with E-state index in [2.05, 4.69) is 6.07 Å². The standard InChI is InChI=1S/C28H28F4N4O5/c1-27(2,3)17-10-15(11-18-23(17)41-9-8-35(18)7-6-33)19(37)14-36-13-16-12-20(39-4)24(40-5)22(29)21(16)25(36)34-26(38)28(30,31)32/h10-13H,7-9,14H2,1-5H3,(H,34,38). The number of benzene rings is 2. The Kier molecular flexibility index (Phi) is 7.80. The van der Waals surface area contributed by atoms with Crippen LogP contribution < -0.4 is 24.4 Å². The summed E-state index contributed by atoms with van der Waals surface area (Å²) in [6.45, 7) is 6.05. The van der Waals surface area contributed by atoms with Gasteiger partial charge in [-0.05, 0) is 23.6 Å². The minimum Gasteiger partial charge on any atom is -0.493 e. The van der Waals surface area contributed by atoms with Gasteiger partial charge in [0.2, 0.25) is 0 Å². The molecule has 0 radical (unpaired) electrons. The van der Waals surface area contributed by atoms with Crippen LogP contribution in [-0.4, -0.2) is 56.3 Å². The van der Waals surface area contributed by atoms with E-state index >= 15 is 4.39 Å². The van der Waals surface area contributed by atoms with Crippen LogP contribution in [0.4, 0.5) is 29.1 Å². The van der Waals surface area contributed by atoms with Gasteiger partial charge in [-0.15, -0.1) is 0 Å². The van der Waals surface area contributed by atoms with Crippen molar-refractivity contribution in [1.29, 1.82) is 5.26 Å². The first-order valence-corrected chi connectivity index (χ1v) is 12.5. The molecule has 41 heavy (non-hydrogen) atoms. The van der Waals surface area contributed by atoms with E-state index in [0.29, 0.717) is 30.2 Å². The second kappa shape index (κ2) is 10.8. The summed E-state index contributed by atoms with van der Waals surface area (Å²) in [6.07, 6.45) is -4.03. The van der Waals surface area contributed by atoms with Gasteiger partial charge in [0.1, 0.15) is 24.7 Å². The van der Waals surface area contributed by atoms with Crippen molar-refractivity contribution in [2.45, 2.75) is 38.9 Å². The number of carbonyl (C=O) groups excluding carboxylic acids is 2. The topological polar surface area (TPSA) is 106 Å². The van der Waals surface area contributed by atoms with E-state index in [1.54, 1.807) is 22.3 Å². The number of fused-ring (bicyclic) bond motifs is 2. The van der Waals surface area contributed by atoms with Crippen LogP contribution in [0.2, 0.25) is 0 Å². The minimum absolute atomic E-state index is 0.0308. The van der Waals surface area contributed by atoms with Gasteiger partial charge >= 0.3 is 12.1 Å². The van der Waals surface area contributed by atoms with E-state index in [4.69, 9.17) is 14.2 Å². The van der Waals surface area contributed by atoms with Crippen molar-refractivity contribution in [3.05, 3.63) is 41.3 Å². The maximum Gasteiger partial charge on any atom is 0.471 e. The van der Waals surface area contributed by atoms with E-state index in [-0.39, 0.29) is 34.4 Å². The van der Waals surface area contributed by atoms with Crippen molar-refractivity contribution in [2.75, 3.05) is 44.1 Å². The van der Waals surface area contributed by atoms with Crippen LogP contribution in [0.3, 0.4) is 0 Å². The Hall–Kier alpha value is -4.47. The number of nitrogens with one attached hydrogen (secondary N) is 1. The fourth-order valence-corrected chi connectivity index (χ4v) is 4.72. The molecule has 1 N–H and O–H groups in total. The van der Waals surface area contributed by atoms with E-state index in [1.807, 2.05) is 20.8 Å². The van der Waals surface area contributed by atoms with Crippen molar-refractivity contribution in [2.24, 2.45) is 0 Å². The van der Waals surface area contributed by atoms with E-state index in [0.717, 1.165) is 11.7 Å². The molecule has 218 valence electrons. The monoisotopic (exact) mass is 576 g/mol. The number of ether oxygens (including phenoxy) is 3. The lowest BCUT2D eigenvalue weighted by Crippen LogP contribution is -2.34. The summed E-state index contributed by atoms with van der Waals surface area (Å²) in [4.78, 5) is 27.4. The smallest absolute Gasteiger partial charge is 0.471 e. The molecule has 0 aliphatic carbocycles. The zero-order valence-electron chi connectivity index (χ0n) is 23.0. The molecule has 1 aliphatic rings. The molecule has 1 aromatic heterocycles. The summed E-state index contributed by atoms with van der Waals surface area (Å²) in [5.41, 5.74) is 0.964. The zero-order chi connectivity index (χ0) is 30.3. The maximum absolute atomic E-state index is 15.5. The van der Waals surface area contributed by atoms with Crippen LogP contribution in [-0.2, 0) is 16.8 Å². The second-order valence-electron chi connectivity index (χ2n) is 10.4. The normalized spacial score (nSPS) is 13.3. The minimum atomic E-state index is -5.28. The first-order chi connectivity index (χ1) is 19.2. The molecule has 4 rings (SSSR count). The highest BCUT2D eigenvalue weighted by atomic mass is 19.4. The number of nitrogens with zero attached hydrogens (tertiary/aromatic N) is 3. The number of Topliss-reactive ketones (excluding diaryl/α,β-unsaturated/α-hetero) is 1. The highest BCUT2D eigenvalue weighted by molar-refractivity contribution is 6.06. The summed E-state index contributed by atoms with van der Waals surface area (Å²) in [7, 11) is 2.42. The Balaban J connectivity index is 1.86. The average Bonchev–Trinajstić information content (AvgIpc) is 3.23. The van der Waals surface area contributed by atoms with Gasteiger partial charge in [-0.25, -0.2) is 4.39 Å². The quantitative estimate of drug-likeness (QED) is 0.234. The average molecular weight is 577 g/mol. The summed E-state index contributed by atoms with van der Waals surface area (Å²) >= 11 is 0. The predicted octanol–water partition coefficient (Wildman–Crippen LogP) is 5.20. The third-order valence-corrected chi connectivity index (χ3v) is 6.67. The Morgan fingerprint density at radius 2 is 1.85 bits per heavy atom. The van der Waals surface area contributed by atoms with Gasteiger partial charge < -0.3 is 29.0 Å². The molecular weight excluding hydrogens is 548 g/mol. The number of hydrogen-bond acceptors (Lipinski definition) is 7. The van der Waals surface area contributed by atoms with Crippen molar-refractivity contribution in [3.63, 3.8) is 0 Å². The van der Waals surface area contributed by atoms with Gasteiger partial charge in [0, 0.05) is 22.7 Å². The Morgan fingerprint density at radius 3 is 2.44 bits per heavy atom. The lowest BCUT2D eigenvalue weighted by atomic mass is 9.84. The summed E-state index contributed by atoms with van der Waals surface area (Å²) in [6, 6.07) is 6.63. The Morgan fingerprint density at radius 1 is 1.15 bits per heavy atom. The van der Waals surface area contributed by atoms with Crippen molar-refractivity contribution < 1.29 is 41.4 Å². The highest BCUT2D eigenvalue weighted by Crippen LogP contribution is 2.43. The molecule has 0 spiro atoms. The molecule has 2 aromatic carbocycles. The third kappa shape index (κ3) is 5.59. The van der Waals surface area contributed by atoms with Gasteiger partial charge in [0.05, 0.1) is 44.5 Å². The van der Waals surface area contributed by atoms with E-state index in [1.165, 1.54) is 19.4 Å². The molecule has 0 fully saturated rings. The molecule has 0 bridgehead atoms. The molecule has 0 saturated carbocycles. The summed E-state index contributed by atoms with van der Waals surface area (Å²) in [5.74, 6) is -4.39. The van der Waals surface area contributed by atoms with Crippen molar-refractivity contribution in [3.8, 4) is 23.3 Å². The van der Waals surface area contributed by atoms with Crippen LogP contribution in [0.5, 0.6) is 17.2 Å². The van der Waals surface area contributed by atoms with E-state index < -0.39 is 41.5 Å². The number of ketones is 1. The number of rotatable bonds is 7. The molecule has 1 aliphatic heterocycles. The van der Waals surface area contributed by atoms with Gasteiger partial charge in [-0.2, -0.15) is 18.4 Å². The number of carbonyl (C=O) groups is 2. The van der Waals surface area contributed by atoms with Gasteiger partial charge in [-0.1, -0.05) is 20.8 Å². The molecule has 3 aromatic rings. The summed E-state index contributed by atoms with van der Waals surface area (Å²) < 4.78 is 72.3. The number of alkyl halides is 3. The number of nitriles is 1. The summed E-state index contributed by atoms with van der Waals surface area (Å²) in [5, 5.41) is 10.7. The first kappa shape index (κ1) is 29.5. The zero-order valence-corrected chi connectivity index (χ0v) is 23.0. The molecular formula is C28H28F4N4O5. The lowest BCUT2D eigenvalue weighted by Gasteiger charge is -2.34. The van der Waals surface area contributed by atoms with E-state index in [9.17, 15) is 28.0 Å². The molecule has 0 unspecified atom stereocenters. The molecule has 9 nitrogen and oxygen atoms in total. The van der Waals surface area contributed by atoms with Crippen molar-refractivity contribution in [1.82, 2.24) is 4.57 Å². The number of hydrogen-bond donors (Lipinski definition) is 1. The van der Waals surface area contributed by atoms with Gasteiger partial charge in [0.15, 0.2) is 23.1 Å². The fraction of sp³-hybridized carbons (Fsp3) is 0.393. The largest absolute Gasteiger partial charge is 0.493 e. The highest BCUT2D eigenvalue weighted by Gasteiger charge is 2.40. The molecule has 13 heteroatoms. The predicted molar refractivity (Wildman–Crippen MR) is 142 cm³/mol. The number of halogens is 4. The fourth-order valence-electron chi connectivity index (χ4n) is 4.72. The molecule has 1 amide bonds. The van der Waals surface area contributed by atoms with Crippen LogP contribution in [0.1, 0.15) is 36.7 Å².